The summed E-state index contributed by atoms with van der Waals surface area (Å²) in [5.41, 5.74) is -0.370. The highest BCUT2D eigenvalue weighted by atomic mass is 32.2. The van der Waals surface area contributed by atoms with Crippen molar-refractivity contribution in [3.63, 3.8) is 0 Å². The van der Waals surface area contributed by atoms with Crippen molar-refractivity contribution >= 4 is 44.6 Å². The van der Waals surface area contributed by atoms with E-state index in [4.69, 9.17) is 14.2 Å². The van der Waals surface area contributed by atoms with Gasteiger partial charge in [-0.1, -0.05) is 51.4 Å². The molecule has 2 aromatic rings. The number of methoxy groups -OCH3 is 1. The Morgan fingerprint density at radius 1 is 0.981 bits per heavy atom. The highest BCUT2D eigenvalue weighted by Gasteiger charge is 2.62. The topological polar surface area (TPSA) is 182 Å². The molecule has 0 unspecified atom stereocenters. The first-order chi connectivity index (χ1) is 26.1. The molecule has 0 spiro atoms. The second-order valence-corrected chi connectivity index (χ2v) is 17.7. The van der Waals surface area contributed by atoms with E-state index in [0.717, 1.165) is 79.9 Å². The van der Waals surface area contributed by atoms with Gasteiger partial charge in [0.15, 0.2) is 0 Å². The van der Waals surface area contributed by atoms with Crippen LogP contribution in [0.25, 0.3) is 10.8 Å². The standard InChI is InChI=1S/C39H53N5O9S/c1-51-33-21-25-17-18-40-35-30(25)20-26(33)12-8-4-3-7-11-19-52-38(48)41-31-14-10-6-2-5-9-13-27-23-39(27,37(47)43-54(49,50)29-15-16-29)42-34(45)32-22-28(53-35)24-44(32)36(31)46/h17-18,20-21,27-29,31-32H,2-16,19,22-24H2,1H3,(H,41,48)(H,42,45)(H,43,47)/t27-,28+,31-,32-,39+/m0/s1. The summed E-state index contributed by atoms with van der Waals surface area (Å²) < 4.78 is 45.8. The zero-order valence-electron chi connectivity index (χ0n) is 31.1. The number of pyridine rings is 1. The lowest BCUT2D eigenvalue weighted by molar-refractivity contribution is -0.141. The first kappa shape index (κ1) is 38.1. The maximum atomic E-state index is 14.5. The van der Waals surface area contributed by atoms with Crippen LogP contribution in [0, 0.1) is 5.92 Å². The number of aryl methyl sites for hydroxylation is 1. The first-order valence-electron chi connectivity index (χ1n) is 19.8. The van der Waals surface area contributed by atoms with Gasteiger partial charge in [-0.05, 0) is 86.4 Å². The third-order valence-electron chi connectivity index (χ3n) is 11.8. The molecule has 54 heavy (non-hydrogen) atoms. The third kappa shape index (κ3) is 8.55. The predicted molar refractivity (Wildman–Crippen MR) is 199 cm³/mol. The molecule has 1 aromatic carbocycles. The summed E-state index contributed by atoms with van der Waals surface area (Å²) in [6.45, 7) is 0.261. The van der Waals surface area contributed by atoms with Crippen LogP contribution in [0.15, 0.2) is 24.4 Å². The summed E-state index contributed by atoms with van der Waals surface area (Å²) in [5.74, 6) is -0.815. The molecule has 2 saturated carbocycles. The number of fused-ring (bicyclic) bond motifs is 4. The number of sulfonamides is 1. The van der Waals surface area contributed by atoms with Crippen molar-refractivity contribution in [2.75, 3.05) is 20.3 Å². The number of alkyl carbamates (subject to hydrolysis) is 1. The maximum absolute atomic E-state index is 14.5. The number of nitrogens with zero attached hydrogens (tertiary/aromatic N) is 2. The molecule has 4 heterocycles. The highest BCUT2D eigenvalue weighted by Crippen LogP contribution is 2.48. The normalized spacial score (nSPS) is 29.1. The molecule has 2 saturated heterocycles. The van der Waals surface area contributed by atoms with E-state index in [1.54, 1.807) is 13.3 Å². The Morgan fingerprint density at radius 2 is 1.72 bits per heavy atom. The van der Waals surface area contributed by atoms with Gasteiger partial charge >= 0.3 is 6.09 Å². The van der Waals surface area contributed by atoms with E-state index in [1.165, 1.54) is 4.90 Å². The molecule has 2 aliphatic carbocycles. The fourth-order valence-corrected chi connectivity index (χ4v) is 9.77. The zero-order valence-corrected chi connectivity index (χ0v) is 31.9. The summed E-state index contributed by atoms with van der Waals surface area (Å²) in [6.07, 6.45) is 12.2. The molecule has 5 atom stereocenters. The van der Waals surface area contributed by atoms with Crippen LogP contribution in [0.2, 0.25) is 0 Å². The number of amides is 4. The van der Waals surface area contributed by atoms with Gasteiger partial charge in [-0.25, -0.2) is 18.2 Å². The van der Waals surface area contributed by atoms with E-state index in [0.29, 0.717) is 50.8 Å². The van der Waals surface area contributed by atoms with E-state index in [1.807, 2.05) is 18.2 Å². The predicted octanol–water partition coefficient (Wildman–Crippen LogP) is 4.42. The fraction of sp³-hybridized carbons (Fsp3) is 0.667. The molecule has 0 radical (unpaired) electrons. The Hall–Kier alpha value is -4.14. The van der Waals surface area contributed by atoms with Crippen LogP contribution in [-0.2, 0) is 35.6 Å². The number of rotatable bonds is 4. The average molecular weight is 768 g/mol. The number of ether oxygens (including phenoxy) is 3. The minimum Gasteiger partial charge on any atom is -0.496 e. The van der Waals surface area contributed by atoms with Gasteiger partial charge in [0.05, 0.1) is 25.5 Å². The number of carbonyl (C=O) groups is 4. The first-order valence-corrected chi connectivity index (χ1v) is 21.4. The summed E-state index contributed by atoms with van der Waals surface area (Å²) >= 11 is 0. The molecule has 3 N–H and O–H groups in total. The second kappa shape index (κ2) is 16.3. The smallest absolute Gasteiger partial charge is 0.407 e. The van der Waals surface area contributed by atoms with E-state index >= 15 is 0 Å². The highest BCUT2D eigenvalue weighted by molar-refractivity contribution is 7.91. The largest absolute Gasteiger partial charge is 0.496 e. The van der Waals surface area contributed by atoms with Crippen molar-refractivity contribution in [2.24, 2.45) is 5.92 Å². The number of nitrogens with one attached hydrogen (secondary N) is 3. The molecule has 3 aliphatic heterocycles. The number of benzene rings is 1. The van der Waals surface area contributed by atoms with E-state index in [-0.39, 0.29) is 25.5 Å². The van der Waals surface area contributed by atoms with Crippen LogP contribution < -0.4 is 24.8 Å². The molecular formula is C39H53N5O9S. The SMILES string of the molecule is COc1cc2ccnc3c2cc1CCCCCCCOC(=O)N[C@H]1CCCCCCC[C@H]2C[C@@]2(C(=O)NS(=O)(=O)C2CC2)NC(=O)[C@@H]2C[C@H](CN2C1=O)O3. The van der Waals surface area contributed by atoms with E-state index < -0.39 is 62.8 Å². The van der Waals surface area contributed by atoms with Gasteiger partial charge in [0, 0.05) is 18.0 Å². The molecule has 5 bridgehead atoms. The third-order valence-corrected chi connectivity index (χ3v) is 13.6. The number of cyclic esters (lactones) is 1. The van der Waals surface area contributed by atoms with Gasteiger partial charge in [0.2, 0.25) is 27.7 Å². The summed E-state index contributed by atoms with van der Waals surface area (Å²) in [6, 6.07) is 3.91. The minimum absolute atomic E-state index is 0.0317. The van der Waals surface area contributed by atoms with Crippen LogP contribution in [0.1, 0.15) is 108 Å². The van der Waals surface area contributed by atoms with Gasteiger partial charge < -0.3 is 29.7 Å². The maximum Gasteiger partial charge on any atom is 0.407 e. The van der Waals surface area contributed by atoms with Crippen molar-refractivity contribution in [1.29, 1.82) is 0 Å². The summed E-state index contributed by atoms with van der Waals surface area (Å²) in [4.78, 5) is 61.7. The van der Waals surface area contributed by atoms with Crippen molar-refractivity contribution in [2.45, 2.75) is 138 Å². The average Bonchev–Trinajstić information content (AvgIpc) is 4.07. The van der Waals surface area contributed by atoms with Crippen molar-refractivity contribution in [3.8, 4) is 11.6 Å². The van der Waals surface area contributed by atoms with Crippen molar-refractivity contribution in [3.05, 3.63) is 30.0 Å². The van der Waals surface area contributed by atoms with Crippen LogP contribution in [0.5, 0.6) is 11.6 Å². The van der Waals surface area contributed by atoms with Gasteiger partial charge in [0.25, 0.3) is 5.91 Å². The molecule has 4 amide bonds. The fourth-order valence-electron chi connectivity index (χ4n) is 8.41. The summed E-state index contributed by atoms with van der Waals surface area (Å²) in [7, 11) is -2.20. The van der Waals surface area contributed by atoms with Crippen molar-refractivity contribution in [1.82, 2.24) is 25.2 Å². The quantitative estimate of drug-likeness (QED) is 0.403. The molecule has 7 rings (SSSR count). The van der Waals surface area contributed by atoms with Gasteiger partial charge in [0.1, 0.15) is 29.5 Å². The monoisotopic (exact) mass is 767 g/mol. The molecule has 14 nitrogen and oxygen atoms in total. The lowest BCUT2D eigenvalue weighted by atomic mass is 10.0. The minimum atomic E-state index is -3.86. The molecule has 5 aliphatic rings. The number of aromatic nitrogens is 1. The zero-order chi connectivity index (χ0) is 37.9. The number of hydrogen-bond acceptors (Lipinski definition) is 10. The van der Waals surface area contributed by atoms with Crippen LogP contribution in [-0.4, -0.2) is 91.4 Å². The Morgan fingerprint density at radius 3 is 2.50 bits per heavy atom. The van der Waals surface area contributed by atoms with Gasteiger partial charge in [-0.2, -0.15) is 0 Å². The van der Waals surface area contributed by atoms with Crippen LogP contribution in [0.3, 0.4) is 0 Å². The lowest BCUT2D eigenvalue weighted by Gasteiger charge is -2.29. The van der Waals surface area contributed by atoms with Crippen molar-refractivity contribution < 1.29 is 41.8 Å². The van der Waals surface area contributed by atoms with Gasteiger partial charge in [-0.3, -0.25) is 19.1 Å². The number of carbonyl (C=O) groups excluding carboxylic acids is 4. The molecular weight excluding hydrogens is 715 g/mol. The Balaban J connectivity index is 1.21. The molecule has 1 aromatic heterocycles. The second-order valence-electron chi connectivity index (χ2n) is 15.7. The lowest BCUT2D eigenvalue weighted by Crippen LogP contribution is -2.58. The van der Waals surface area contributed by atoms with E-state index in [9.17, 15) is 27.6 Å². The molecule has 15 heteroatoms. The summed E-state index contributed by atoms with van der Waals surface area (Å²) in [5, 5.41) is 6.82. The Kier molecular flexibility index (Phi) is 11.5. The Bertz CT molecular complexity index is 1850. The van der Waals surface area contributed by atoms with Crippen LogP contribution >= 0.6 is 0 Å². The number of hydrogen-bond donors (Lipinski definition) is 3. The van der Waals surface area contributed by atoms with Gasteiger partial charge in [-0.15, -0.1) is 0 Å². The Labute approximate surface area is 316 Å². The molecule has 294 valence electrons. The molecule has 4 fully saturated rings. The van der Waals surface area contributed by atoms with Crippen LogP contribution in [0.4, 0.5) is 4.79 Å². The van der Waals surface area contributed by atoms with E-state index in [2.05, 4.69) is 20.3 Å².